The van der Waals surface area contributed by atoms with E-state index in [1.54, 1.807) is 4.90 Å². The van der Waals surface area contributed by atoms with Gasteiger partial charge in [0.05, 0.1) is 17.3 Å². The fourth-order valence-electron chi connectivity index (χ4n) is 2.83. The minimum Gasteiger partial charge on any atom is -0.338 e. The maximum Gasteiger partial charge on any atom is 0.233 e. The lowest BCUT2D eigenvalue weighted by atomic mass is 10.2. The van der Waals surface area contributed by atoms with Crippen molar-refractivity contribution in [2.75, 3.05) is 29.1 Å². The minimum atomic E-state index is -3.01. The van der Waals surface area contributed by atoms with Crippen molar-refractivity contribution < 1.29 is 13.2 Å². The molecule has 0 bridgehead atoms. The zero-order valence-electron chi connectivity index (χ0n) is 14.3. The molecule has 140 valence electrons. The number of carbonyl (C=O) groups excluding carboxylic acids is 1. The van der Waals surface area contributed by atoms with Crippen LogP contribution in [0.25, 0.3) is 0 Å². The minimum absolute atomic E-state index is 0.0626. The molecule has 0 spiro atoms. The van der Waals surface area contributed by atoms with E-state index in [1.807, 2.05) is 37.3 Å². The second-order valence-corrected chi connectivity index (χ2v) is 10.3. The van der Waals surface area contributed by atoms with Gasteiger partial charge >= 0.3 is 0 Å². The van der Waals surface area contributed by atoms with Gasteiger partial charge in [0.15, 0.2) is 14.2 Å². The van der Waals surface area contributed by atoms with E-state index in [2.05, 4.69) is 15.5 Å². The van der Waals surface area contributed by atoms with E-state index in [0.29, 0.717) is 22.4 Å². The number of rotatable bonds is 7. The summed E-state index contributed by atoms with van der Waals surface area (Å²) in [6, 6.07) is 9.47. The Balaban J connectivity index is 1.54. The third-order valence-corrected chi connectivity index (χ3v) is 7.77. The van der Waals surface area contributed by atoms with Crippen LogP contribution in [0.3, 0.4) is 0 Å². The van der Waals surface area contributed by atoms with E-state index < -0.39 is 9.84 Å². The molecular formula is C16H20N4O3S3. The number of anilines is 2. The standard InChI is InChI=1S/C16H20N4O3S3/c1-2-20(13-8-9-26(22,23)11-13)14(21)10-24-16-19-18-15(25-16)17-12-6-4-3-5-7-12/h3-7,13H,2,8-11H2,1H3,(H,17,18)/t13-/m0/s1. The average molecular weight is 413 g/mol. The molecule has 1 aliphatic heterocycles. The Bertz CT molecular complexity index is 855. The molecule has 3 rings (SSSR count). The molecule has 1 fully saturated rings. The topological polar surface area (TPSA) is 92.3 Å². The van der Waals surface area contributed by atoms with Gasteiger partial charge in [0, 0.05) is 18.3 Å². The maximum atomic E-state index is 12.5. The van der Waals surface area contributed by atoms with Gasteiger partial charge in [-0.2, -0.15) is 0 Å². The summed E-state index contributed by atoms with van der Waals surface area (Å²) in [6.07, 6.45) is 0.524. The predicted molar refractivity (Wildman–Crippen MR) is 105 cm³/mol. The number of aromatic nitrogens is 2. The third-order valence-electron chi connectivity index (χ3n) is 4.06. The summed E-state index contributed by atoms with van der Waals surface area (Å²) in [4.78, 5) is 14.2. The highest BCUT2D eigenvalue weighted by molar-refractivity contribution is 8.01. The van der Waals surface area contributed by atoms with Gasteiger partial charge in [-0.25, -0.2) is 8.42 Å². The highest BCUT2D eigenvalue weighted by Crippen LogP contribution is 2.28. The third kappa shape index (κ3) is 4.95. The molecule has 0 aliphatic carbocycles. The number of sulfone groups is 1. The number of nitrogens with zero attached hydrogens (tertiary/aromatic N) is 3. The van der Waals surface area contributed by atoms with Crippen LogP contribution in [0, 0.1) is 0 Å². The van der Waals surface area contributed by atoms with Crippen LogP contribution in [-0.4, -0.2) is 59.3 Å². The quantitative estimate of drug-likeness (QED) is 0.698. The molecule has 0 radical (unpaired) electrons. The fourth-order valence-corrected chi connectivity index (χ4v) is 6.22. The second kappa shape index (κ2) is 8.36. The van der Waals surface area contributed by atoms with E-state index in [4.69, 9.17) is 0 Å². The first-order chi connectivity index (χ1) is 12.5. The molecule has 0 saturated carbocycles. The zero-order chi connectivity index (χ0) is 18.6. The lowest BCUT2D eigenvalue weighted by Gasteiger charge is -2.26. The van der Waals surface area contributed by atoms with Crippen molar-refractivity contribution in [3.05, 3.63) is 30.3 Å². The van der Waals surface area contributed by atoms with Crippen molar-refractivity contribution in [2.24, 2.45) is 0 Å². The van der Waals surface area contributed by atoms with Crippen molar-refractivity contribution in [1.29, 1.82) is 0 Å². The van der Waals surface area contributed by atoms with E-state index in [1.165, 1.54) is 23.1 Å². The largest absolute Gasteiger partial charge is 0.338 e. The molecule has 1 aliphatic rings. The monoisotopic (exact) mass is 412 g/mol. The smallest absolute Gasteiger partial charge is 0.233 e. The molecule has 26 heavy (non-hydrogen) atoms. The Morgan fingerprint density at radius 2 is 2.12 bits per heavy atom. The molecule has 1 saturated heterocycles. The Kier molecular flexibility index (Phi) is 6.15. The van der Waals surface area contributed by atoms with Gasteiger partial charge < -0.3 is 10.2 Å². The molecule has 2 aromatic rings. The van der Waals surface area contributed by atoms with Crippen molar-refractivity contribution in [3.63, 3.8) is 0 Å². The first-order valence-corrected chi connectivity index (χ1v) is 11.9. The number of thioether (sulfide) groups is 1. The summed E-state index contributed by atoms with van der Waals surface area (Å²) in [5.41, 5.74) is 0.927. The number of para-hydroxylation sites is 1. The average Bonchev–Trinajstić information content (AvgIpc) is 3.21. The molecule has 1 aromatic carbocycles. The summed E-state index contributed by atoms with van der Waals surface area (Å²) in [7, 11) is -3.01. The molecule has 2 heterocycles. The Morgan fingerprint density at radius 3 is 2.77 bits per heavy atom. The highest BCUT2D eigenvalue weighted by Gasteiger charge is 2.33. The second-order valence-electron chi connectivity index (χ2n) is 5.89. The van der Waals surface area contributed by atoms with Crippen molar-refractivity contribution >= 4 is 49.7 Å². The van der Waals surface area contributed by atoms with Gasteiger partial charge in [0.1, 0.15) is 0 Å². The van der Waals surface area contributed by atoms with Crippen LogP contribution in [-0.2, 0) is 14.6 Å². The summed E-state index contributed by atoms with van der Waals surface area (Å²) in [5, 5.41) is 12.0. The molecule has 7 nitrogen and oxygen atoms in total. The summed E-state index contributed by atoms with van der Waals surface area (Å²) in [5.74, 6) is 0.401. The summed E-state index contributed by atoms with van der Waals surface area (Å²) >= 11 is 2.71. The van der Waals surface area contributed by atoms with Crippen LogP contribution in [0.2, 0.25) is 0 Å². The van der Waals surface area contributed by atoms with Crippen LogP contribution in [0.4, 0.5) is 10.8 Å². The predicted octanol–water partition coefficient (Wildman–Crippen LogP) is 2.41. The number of benzene rings is 1. The van der Waals surface area contributed by atoms with Gasteiger partial charge in [-0.1, -0.05) is 41.3 Å². The Hall–Kier alpha value is -1.65. The van der Waals surface area contributed by atoms with Gasteiger partial charge in [0.2, 0.25) is 11.0 Å². The first-order valence-electron chi connectivity index (χ1n) is 8.25. The van der Waals surface area contributed by atoms with Gasteiger partial charge in [-0.15, -0.1) is 10.2 Å². The van der Waals surface area contributed by atoms with Gasteiger partial charge in [0.25, 0.3) is 0 Å². The van der Waals surface area contributed by atoms with Crippen LogP contribution >= 0.6 is 23.1 Å². The zero-order valence-corrected chi connectivity index (χ0v) is 16.7. The highest BCUT2D eigenvalue weighted by atomic mass is 32.2. The summed E-state index contributed by atoms with van der Waals surface area (Å²) < 4.78 is 24.0. The Morgan fingerprint density at radius 1 is 1.35 bits per heavy atom. The number of hydrogen-bond donors (Lipinski definition) is 1. The molecule has 0 unspecified atom stereocenters. The van der Waals surface area contributed by atoms with Crippen molar-refractivity contribution in [2.45, 2.75) is 23.7 Å². The maximum absolute atomic E-state index is 12.5. The lowest BCUT2D eigenvalue weighted by molar-refractivity contribution is -0.129. The van der Waals surface area contributed by atoms with Gasteiger partial charge in [-0.05, 0) is 25.5 Å². The number of carbonyl (C=O) groups is 1. The number of nitrogens with one attached hydrogen (secondary N) is 1. The van der Waals surface area contributed by atoms with E-state index in [-0.39, 0.29) is 29.2 Å². The number of amides is 1. The van der Waals surface area contributed by atoms with E-state index in [9.17, 15) is 13.2 Å². The molecule has 1 aromatic heterocycles. The molecule has 1 N–H and O–H groups in total. The molecule has 1 amide bonds. The number of hydrogen-bond acceptors (Lipinski definition) is 8. The van der Waals surface area contributed by atoms with Crippen molar-refractivity contribution in [3.8, 4) is 0 Å². The fraction of sp³-hybridized carbons (Fsp3) is 0.438. The Labute approximate surface area is 161 Å². The van der Waals surface area contributed by atoms with E-state index >= 15 is 0 Å². The van der Waals surface area contributed by atoms with Crippen LogP contribution < -0.4 is 5.32 Å². The van der Waals surface area contributed by atoms with Crippen LogP contribution in [0.15, 0.2) is 34.7 Å². The van der Waals surface area contributed by atoms with E-state index in [0.717, 1.165) is 5.69 Å². The van der Waals surface area contributed by atoms with Crippen molar-refractivity contribution in [1.82, 2.24) is 15.1 Å². The first kappa shape index (κ1) is 19.1. The SMILES string of the molecule is CCN(C(=O)CSc1nnc(Nc2ccccc2)s1)[C@H]1CCS(=O)(=O)C1. The normalized spacial score (nSPS) is 18.6. The molecular weight excluding hydrogens is 392 g/mol. The lowest BCUT2D eigenvalue weighted by Crippen LogP contribution is -2.41. The summed E-state index contributed by atoms with van der Waals surface area (Å²) in [6.45, 7) is 2.39. The molecule has 10 heteroatoms. The van der Waals surface area contributed by atoms with Crippen LogP contribution in [0.5, 0.6) is 0 Å². The van der Waals surface area contributed by atoms with Crippen LogP contribution in [0.1, 0.15) is 13.3 Å². The molecule has 1 atom stereocenters. The van der Waals surface area contributed by atoms with Gasteiger partial charge in [-0.3, -0.25) is 4.79 Å².